The van der Waals surface area contributed by atoms with Crippen molar-refractivity contribution in [3.8, 4) is 5.75 Å². The number of hydrogen-bond donors (Lipinski definition) is 1. The van der Waals surface area contributed by atoms with Crippen LogP contribution in [-0.4, -0.2) is 29.4 Å². The molecule has 0 aromatic heterocycles. The lowest BCUT2D eigenvalue weighted by atomic mass is 10.1. The Bertz CT molecular complexity index is 359. The Hall–Kier alpha value is -1.68. The van der Waals surface area contributed by atoms with Gasteiger partial charge in [0.15, 0.2) is 6.61 Å². The number of Topliss-reactive ketones (excluding diaryl/α,β-unsaturated/α-hetero) is 2. The van der Waals surface area contributed by atoms with Crippen LogP contribution in [0.4, 0.5) is 0 Å². The van der Waals surface area contributed by atoms with Crippen LogP contribution < -0.4 is 4.74 Å². The molecule has 0 aliphatic carbocycles. The highest BCUT2D eigenvalue weighted by Gasteiger charge is 2.21. The summed E-state index contributed by atoms with van der Waals surface area (Å²) in [4.78, 5) is 22.5. The second kappa shape index (κ2) is 6.02. The van der Waals surface area contributed by atoms with Crippen molar-refractivity contribution in [1.82, 2.24) is 0 Å². The lowest BCUT2D eigenvalue weighted by Crippen LogP contribution is -2.31. The standard InChI is InChI=1S/C12H14O4/c1-2-10(13)12(15)11(14)8-16-9-6-4-3-5-7-9/h3-7,10,13H,2,8H2,1H3. The average molecular weight is 222 g/mol. The molecule has 0 fully saturated rings. The summed E-state index contributed by atoms with van der Waals surface area (Å²) >= 11 is 0. The van der Waals surface area contributed by atoms with Crippen LogP contribution in [0.15, 0.2) is 30.3 Å². The summed E-state index contributed by atoms with van der Waals surface area (Å²) < 4.78 is 5.10. The molecule has 86 valence electrons. The first-order chi connectivity index (χ1) is 7.65. The van der Waals surface area contributed by atoms with E-state index in [4.69, 9.17) is 9.84 Å². The van der Waals surface area contributed by atoms with Crippen LogP contribution in [-0.2, 0) is 9.59 Å². The Morgan fingerprint density at radius 3 is 2.50 bits per heavy atom. The zero-order chi connectivity index (χ0) is 12.0. The first-order valence-electron chi connectivity index (χ1n) is 5.08. The molecular weight excluding hydrogens is 208 g/mol. The molecule has 0 heterocycles. The van der Waals surface area contributed by atoms with E-state index in [1.807, 2.05) is 6.07 Å². The molecule has 0 saturated carbocycles. The molecule has 1 N–H and O–H groups in total. The smallest absolute Gasteiger partial charge is 0.238 e. The Morgan fingerprint density at radius 2 is 1.94 bits per heavy atom. The summed E-state index contributed by atoms with van der Waals surface area (Å²) in [7, 11) is 0. The van der Waals surface area contributed by atoms with E-state index in [0.717, 1.165) is 0 Å². The first-order valence-corrected chi connectivity index (χ1v) is 5.08. The van der Waals surface area contributed by atoms with Gasteiger partial charge in [0.05, 0.1) is 0 Å². The third-order valence-electron chi connectivity index (χ3n) is 2.08. The fourth-order valence-corrected chi connectivity index (χ4v) is 1.11. The highest BCUT2D eigenvalue weighted by Crippen LogP contribution is 2.08. The third-order valence-corrected chi connectivity index (χ3v) is 2.08. The van der Waals surface area contributed by atoms with Crippen molar-refractivity contribution >= 4 is 11.6 Å². The molecule has 16 heavy (non-hydrogen) atoms. The van der Waals surface area contributed by atoms with Crippen LogP contribution in [0.25, 0.3) is 0 Å². The molecule has 0 aliphatic rings. The Labute approximate surface area is 93.9 Å². The van der Waals surface area contributed by atoms with Crippen molar-refractivity contribution in [3.63, 3.8) is 0 Å². The van der Waals surface area contributed by atoms with Crippen LogP contribution in [0, 0.1) is 0 Å². The maximum Gasteiger partial charge on any atom is 0.238 e. The predicted octanol–water partition coefficient (Wildman–Crippen LogP) is 0.975. The zero-order valence-electron chi connectivity index (χ0n) is 9.05. The predicted molar refractivity (Wildman–Crippen MR) is 58.2 cm³/mol. The molecule has 0 bridgehead atoms. The topological polar surface area (TPSA) is 63.6 Å². The van der Waals surface area contributed by atoms with E-state index >= 15 is 0 Å². The van der Waals surface area contributed by atoms with E-state index in [1.54, 1.807) is 31.2 Å². The van der Waals surface area contributed by atoms with Gasteiger partial charge in [0, 0.05) is 0 Å². The van der Waals surface area contributed by atoms with Gasteiger partial charge >= 0.3 is 0 Å². The SMILES string of the molecule is CCC(O)C(=O)C(=O)COc1ccccc1. The minimum absolute atomic E-state index is 0.232. The molecule has 4 heteroatoms. The van der Waals surface area contributed by atoms with Crippen LogP contribution >= 0.6 is 0 Å². The summed E-state index contributed by atoms with van der Waals surface area (Å²) in [5, 5.41) is 9.17. The number of ketones is 2. The molecule has 0 radical (unpaired) electrons. The lowest BCUT2D eigenvalue weighted by molar-refractivity contribution is -0.142. The molecule has 0 amide bonds. The highest BCUT2D eigenvalue weighted by molar-refractivity contribution is 6.39. The van der Waals surface area contributed by atoms with Gasteiger partial charge in [-0.2, -0.15) is 0 Å². The van der Waals surface area contributed by atoms with Gasteiger partial charge in [-0.25, -0.2) is 0 Å². The Morgan fingerprint density at radius 1 is 1.31 bits per heavy atom. The number of carbonyl (C=O) groups is 2. The maximum atomic E-state index is 11.3. The van der Waals surface area contributed by atoms with Crippen molar-refractivity contribution < 1.29 is 19.4 Å². The number of ether oxygens (including phenoxy) is 1. The van der Waals surface area contributed by atoms with Crippen LogP contribution in [0.2, 0.25) is 0 Å². The molecular formula is C12H14O4. The van der Waals surface area contributed by atoms with Gasteiger partial charge in [-0.05, 0) is 18.6 Å². The van der Waals surface area contributed by atoms with Crippen molar-refractivity contribution in [3.05, 3.63) is 30.3 Å². The molecule has 1 aromatic carbocycles. The monoisotopic (exact) mass is 222 g/mol. The number of benzene rings is 1. The summed E-state index contributed by atoms with van der Waals surface area (Å²) in [6.45, 7) is 1.30. The molecule has 0 saturated heterocycles. The molecule has 1 atom stereocenters. The normalized spacial score (nSPS) is 11.9. The van der Waals surface area contributed by atoms with Gasteiger partial charge < -0.3 is 9.84 Å². The Kier molecular flexibility index (Phi) is 4.66. The van der Waals surface area contributed by atoms with Gasteiger partial charge in [0.1, 0.15) is 11.9 Å². The number of hydrogen-bond acceptors (Lipinski definition) is 4. The van der Waals surface area contributed by atoms with Crippen LogP contribution in [0.1, 0.15) is 13.3 Å². The van der Waals surface area contributed by atoms with Crippen molar-refractivity contribution in [2.75, 3.05) is 6.61 Å². The number of aliphatic hydroxyl groups is 1. The summed E-state index contributed by atoms with van der Waals surface area (Å²) in [5.74, 6) is -0.980. The first kappa shape index (κ1) is 12.4. The van der Waals surface area contributed by atoms with E-state index in [0.29, 0.717) is 5.75 Å². The minimum Gasteiger partial charge on any atom is -0.485 e. The molecule has 1 aromatic rings. The Balaban J connectivity index is 2.44. The summed E-state index contributed by atoms with van der Waals surface area (Å²) in [6.07, 6.45) is -0.984. The van der Waals surface area contributed by atoms with Gasteiger partial charge in [-0.15, -0.1) is 0 Å². The average Bonchev–Trinajstić information content (AvgIpc) is 2.35. The number of para-hydroxylation sites is 1. The quantitative estimate of drug-likeness (QED) is 0.728. The zero-order valence-corrected chi connectivity index (χ0v) is 9.05. The third kappa shape index (κ3) is 3.47. The summed E-state index contributed by atoms with van der Waals surface area (Å²) in [5.41, 5.74) is 0. The molecule has 1 rings (SSSR count). The van der Waals surface area contributed by atoms with Gasteiger partial charge in [0.25, 0.3) is 0 Å². The van der Waals surface area contributed by atoms with Gasteiger partial charge in [-0.3, -0.25) is 9.59 Å². The van der Waals surface area contributed by atoms with Crippen LogP contribution in [0.5, 0.6) is 5.75 Å². The lowest BCUT2D eigenvalue weighted by Gasteiger charge is -2.07. The largest absolute Gasteiger partial charge is 0.485 e. The maximum absolute atomic E-state index is 11.3. The van der Waals surface area contributed by atoms with Gasteiger partial charge in [0.2, 0.25) is 11.6 Å². The summed E-state index contributed by atoms with van der Waals surface area (Å²) in [6, 6.07) is 8.73. The minimum atomic E-state index is -1.22. The van der Waals surface area contributed by atoms with Crippen molar-refractivity contribution in [1.29, 1.82) is 0 Å². The highest BCUT2D eigenvalue weighted by atomic mass is 16.5. The second-order valence-corrected chi connectivity index (χ2v) is 3.31. The second-order valence-electron chi connectivity index (χ2n) is 3.31. The number of carbonyl (C=O) groups excluding carboxylic acids is 2. The molecule has 4 nitrogen and oxygen atoms in total. The van der Waals surface area contributed by atoms with E-state index < -0.39 is 17.7 Å². The number of aliphatic hydroxyl groups excluding tert-OH is 1. The molecule has 1 unspecified atom stereocenters. The van der Waals surface area contributed by atoms with E-state index in [-0.39, 0.29) is 13.0 Å². The fraction of sp³-hybridized carbons (Fsp3) is 0.333. The van der Waals surface area contributed by atoms with E-state index in [1.165, 1.54) is 0 Å². The molecule has 0 aliphatic heterocycles. The van der Waals surface area contributed by atoms with E-state index in [2.05, 4.69) is 0 Å². The van der Waals surface area contributed by atoms with Crippen molar-refractivity contribution in [2.45, 2.75) is 19.4 Å². The van der Waals surface area contributed by atoms with E-state index in [9.17, 15) is 9.59 Å². The van der Waals surface area contributed by atoms with Crippen molar-refractivity contribution in [2.24, 2.45) is 0 Å². The number of rotatable bonds is 6. The molecule has 0 spiro atoms. The van der Waals surface area contributed by atoms with Crippen LogP contribution in [0.3, 0.4) is 0 Å². The fourth-order valence-electron chi connectivity index (χ4n) is 1.11. The van der Waals surface area contributed by atoms with Gasteiger partial charge in [-0.1, -0.05) is 25.1 Å².